The van der Waals surface area contributed by atoms with E-state index in [9.17, 15) is 13.2 Å². The zero-order valence-corrected chi connectivity index (χ0v) is 15.2. The van der Waals surface area contributed by atoms with Gasteiger partial charge in [0.2, 0.25) is 15.9 Å². The predicted molar refractivity (Wildman–Crippen MR) is 94.9 cm³/mol. The highest BCUT2D eigenvalue weighted by molar-refractivity contribution is 7.88. The molecule has 2 rings (SSSR count). The maximum absolute atomic E-state index is 12.6. The fourth-order valence-electron chi connectivity index (χ4n) is 2.79. The van der Waals surface area contributed by atoms with E-state index in [0.717, 1.165) is 12.0 Å². The number of rotatable bonds is 7. The summed E-state index contributed by atoms with van der Waals surface area (Å²) in [5.41, 5.74) is 0.770. The first-order chi connectivity index (χ1) is 11.4. The topological polar surface area (TPSA) is 78.5 Å². The van der Waals surface area contributed by atoms with Crippen molar-refractivity contribution in [3.05, 3.63) is 35.9 Å². The van der Waals surface area contributed by atoms with Gasteiger partial charge in [-0.05, 0) is 32.4 Å². The van der Waals surface area contributed by atoms with Gasteiger partial charge in [0.05, 0.1) is 11.7 Å². The van der Waals surface area contributed by atoms with Crippen molar-refractivity contribution in [1.82, 2.24) is 14.9 Å². The zero-order chi connectivity index (χ0) is 17.6. The molecule has 24 heavy (non-hydrogen) atoms. The summed E-state index contributed by atoms with van der Waals surface area (Å²) in [6.45, 7) is 3.29. The lowest BCUT2D eigenvalue weighted by Crippen LogP contribution is -2.47. The van der Waals surface area contributed by atoms with Gasteiger partial charge >= 0.3 is 0 Å². The van der Waals surface area contributed by atoms with Gasteiger partial charge in [-0.15, -0.1) is 0 Å². The van der Waals surface area contributed by atoms with E-state index in [2.05, 4.69) is 10.6 Å². The highest BCUT2D eigenvalue weighted by Crippen LogP contribution is 2.21. The molecule has 0 spiro atoms. The molecule has 1 aromatic carbocycles. The number of carbonyl (C=O) groups excluding carboxylic acids is 1. The second kappa shape index (κ2) is 8.60. The van der Waals surface area contributed by atoms with Crippen LogP contribution in [-0.4, -0.2) is 51.4 Å². The summed E-state index contributed by atoms with van der Waals surface area (Å²) in [5, 5.41) is 5.96. The van der Waals surface area contributed by atoms with Crippen LogP contribution in [0.4, 0.5) is 0 Å². The fraction of sp³-hybridized carbons (Fsp3) is 0.588. The Morgan fingerprint density at radius 2 is 2.04 bits per heavy atom. The third kappa shape index (κ3) is 5.29. The Hall–Kier alpha value is -1.44. The van der Waals surface area contributed by atoms with Gasteiger partial charge in [-0.1, -0.05) is 30.3 Å². The molecule has 1 heterocycles. The molecule has 2 unspecified atom stereocenters. The summed E-state index contributed by atoms with van der Waals surface area (Å²) < 4.78 is 26.7. The lowest BCUT2D eigenvalue weighted by Gasteiger charge is -2.31. The van der Waals surface area contributed by atoms with Gasteiger partial charge in [0.1, 0.15) is 0 Å². The number of carbonyl (C=O) groups is 1. The Morgan fingerprint density at radius 3 is 2.71 bits per heavy atom. The number of nitrogens with zero attached hydrogens (tertiary/aromatic N) is 1. The lowest BCUT2D eigenvalue weighted by molar-refractivity contribution is -0.126. The maximum Gasteiger partial charge on any atom is 0.224 e. The van der Waals surface area contributed by atoms with Crippen LogP contribution in [0.1, 0.15) is 25.3 Å². The van der Waals surface area contributed by atoms with Gasteiger partial charge in [0.25, 0.3) is 0 Å². The first-order valence-corrected chi connectivity index (χ1v) is 10.00. The third-order valence-electron chi connectivity index (χ3n) is 4.42. The minimum atomic E-state index is -3.40. The summed E-state index contributed by atoms with van der Waals surface area (Å²) in [4.78, 5) is 12.3. The Morgan fingerprint density at radius 1 is 1.33 bits per heavy atom. The van der Waals surface area contributed by atoms with E-state index in [4.69, 9.17) is 0 Å². The molecule has 1 amide bonds. The number of sulfonamides is 1. The summed E-state index contributed by atoms with van der Waals surface area (Å²) in [7, 11) is -1.56. The van der Waals surface area contributed by atoms with E-state index in [1.165, 1.54) is 4.31 Å². The zero-order valence-electron chi connectivity index (χ0n) is 14.4. The van der Waals surface area contributed by atoms with Crippen LogP contribution in [0.5, 0.6) is 0 Å². The van der Waals surface area contributed by atoms with Crippen molar-refractivity contribution in [2.75, 3.05) is 26.7 Å². The van der Waals surface area contributed by atoms with Gasteiger partial charge in [0, 0.05) is 25.7 Å². The van der Waals surface area contributed by atoms with E-state index < -0.39 is 10.0 Å². The van der Waals surface area contributed by atoms with Crippen LogP contribution in [-0.2, 0) is 20.6 Å². The molecule has 7 heteroatoms. The Kier molecular flexibility index (Phi) is 6.77. The molecule has 1 fully saturated rings. The SMILES string of the molecule is CNC(C)CNC(=O)C1CCCN(S(=O)(=O)Cc2ccccc2)C1. The van der Waals surface area contributed by atoms with Crippen molar-refractivity contribution in [3.8, 4) is 0 Å². The van der Waals surface area contributed by atoms with Gasteiger partial charge in [-0.25, -0.2) is 12.7 Å². The van der Waals surface area contributed by atoms with Crippen LogP contribution in [0, 0.1) is 5.92 Å². The van der Waals surface area contributed by atoms with E-state index >= 15 is 0 Å². The number of hydrogen-bond donors (Lipinski definition) is 2. The molecule has 6 nitrogen and oxygen atoms in total. The van der Waals surface area contributed by atoms with E-state index in [0.29, 0.717) is 19.5 Å². The van der Waals surface area contributed by atoms with Crippen molar-refractivity contribution >= 4 is 15.9 Å². The second-order valence-electron chi connectivity index (χ2n) is 6.37. The van der Waals surface area contributed by atoms with E-state index in [1.54, 1.807) is 0 Å². The summed E-state index contributed by atoms with van der Waals surface area (Å²) >= 11 is 0. The standard InChI is InChI=1S/C17H27N3O3S/c1-14(18-2)11-19-17(21)16-9-6-10-20(12-16)24(22,23)13-15-7-4-3-5-8-15/h3-5,7-8,14,16,18H,6,9-13H2,1-2H3,(H,19,21). The Bertz CT molecular complexity index is 634. The molecule has 0 radical (unpaired) electrons. The van der Waals surface area contributed by atoms with Gasteiger partial charge in [-0.3, -0.25) is 4.79 Å². The largest absolute Gasteiger partial charge is 0.354 e. The van der Waals surface area contributed by atoms with Crippen molar-refractivity contribution in [3.63, 3.8) is 0 Å². The molecule has 2 N–H and O–H groups in total. The summed E-state index contributed by atoms with van der Waals surface area (Å²) in [5.74, 6) is -0.344. The molecule has 2 atom stereocenters. The van der Waals surface area contributed by atoms with Crippen LogP contribution >= 0.6 is 0 Å². The number of benzene rings is 1. The van der Waals surface area contributed by atoms with Crippen molar-refractivity contribution < 1.29 is 13.2 Å². The van der Waals surface area contributed by atoms with Gasteiger partial charge in [-0.2, -0.15) is 0 Å². The Balaban J connectivity index is 1.95. The fourth-order valence-corrected chi connectivity index (χ4v) is 4.40. The molecule has 1 aliphatic rings. The van der Waals surface area contributed by atoms with Crippen molar-refractivity contribution in [1.29, 1.82) is 0 Å². The molecule has 1 aliphatic heterocycles. The minimum Gasteiger partial charge on any atom is -0.354 e. The normalized spacial score (nSPS) is 20.5. The summed E-state index contributed by atoms with van der Waals surface area (Å²) in [6.07, 6.45) is 1.45. The van der Waals surface area contributed by atoms with Crippen LogP contribution in [0.3, 0.4) is 0 Å². The molecule has 0 aromatic heterocycles. The number of piperidine rings is 1. The smallest absolute Gasteiger partial charge is 0.224 e. The lowest BCUT2D eigenvalue weighted by atomic mass is 9.99. The highest BCUT2D eigenvalue weighted by atomic mass is 32.2. The molecule has 0 bridgehead atoms. The molecule has 134 valence electrons. The van der Waals surface area contributed by atoms with Crippen molar-refractivity contribution in [2.45, 2.75) is 31.6 Å². The highest BCUT2D eigenvalue weighted by Gasteiger charge is 2.32. The monoisotopic (exact) mass is 353 g/mol. The number of nitrogens with one attached hydrogen (secondary N) is 2. The maximum atomic E-state index is 12.6. The average molecular weight is 353 g/mol. The quantitative estimate of drug-likeness (QED) is 0.765. The van der Waals surface area contributed by atoms with Crippen LogP contribution in [0.2, 0.25) is 0 Å². The first-order valence-electron chi connectivity index (χ1n) is 8.39. The first kappa shape index (κ1) is 18.9. The van der Waals surface area contributed by atoms with Crippen LogP contribution in [0.15, 0.2) is 30.3 Å². The molecule has 1 aromatic rings. The van der Waals surface area contributed by atoms with Crippen LogP contribution < -0.4 is 10.6 Å². The average Bonchev–Trinajstić information content (AvgIpc) is 2.60. The van der Waals surface area contributed by atoms with Crippen molar-refractivity contribution in [2.24, 2.45) is 5.92 Å². The number of hydrogen-bond acceptors (Lipinski definition) is 4. The van der Waals surface area contributed by atoms with Crippen LogP contribution in [0.25, 0.3) is 0 Å². The number of amides is 1. The second-order valence-corrected chi connectivity index (χ2v) is 8.34. The molecule has 0 saturated carbocycles. The molecular formula is C17H27N3O3S. The molecule has 1 saturated heterocycles. The van der Waals surface area contributed by atoms with E-state index in [1.807, 2.05) is 44.3 Å². The summed E-state index contributed by atoms with van der Waals surface area (Å²) in [6, 6.07) is 9.34. The molecule has 0 aliphatic carbocycles. The van der Waals surface area contributed by atoms with Gasteiger partial charge < -0.3 is 10.6 Å². The van der Waals surface area contributed by atoms with E-state index in [-0.39, 0.29) is 30.2 Å². The predicted octanol–water partition coefficient (Wildman–Crippen LogP) is 0.953. The third-order valence-corrected chi connectivity index (χ3v) is 6.23. The molecular weight excluding hydrogens is 326 g/mol. The minimum absolute atomic E-state index is 0.0149. The Labute approximate surface area is 144 Å². The number of likely N-dealkylation sites (N-methyl/N-ethyl adjacent to an activating group) is 1. The van der Waals surface area contributed by atoms with Gasteiger partial charge in [0.15, 0.2) is 0 Å².